The van der Waals surface area contributed by atoms with E-state index in [1.165, 1.54) is 0 Å². The van der Waals surface area contributed by atoms with Gasteiger partial charge in [0, 0.05) is 10.3 Å². The van der Waals surface area contributed by atoms with Crippen LogP contribution in [0, 0.1) is 6.92 Å². The quantitative estimate of drug-likeness (QED) is 0.638. The standard InChI is InChI=1S/C17H24N2O3S2/c1-6-7-8-17(14(21)23)15(3,4)24-13-16(5,12(20)19(13)17)11-9-18-22-10(11)2/h9,13H,6-8H2,1-5H3,(H,21,23)/t13-,16?,17+/m1/s1. The van der Waals surface area contributed by atoms with Crippen LogP contribution in [0.2, 0.25) is 0 Å². The molecule has 5 nitrogen and oxygen atoms in total. The van der Waals surface area contributed by atoms with Gasteiger partial charge in [-0.15, -0.1) is 24.4 Å². The number of nitrogens with zero attached hydrogens (tertiary/aromatic N) is 2. The first-order chi connectivity index (χ1) is 11.1. The first-order valence-corrected chi connectivity index (χ1v) is 9.64. The molecule has 24 heavy (non-hydrogen) atoms. The third kappa shape index (κ3) is 1.94. The second-order valence-electron chi connectivity index (χ2n) is 7.42. The van der Waals surface area contributed by atoms with Crippen LogP contribution in [0.25, 0.3) is 0 Å². The number of thiol groups is 1. The zero-order valence-corrected chi connectivity index (χ0v) is 16.5. The Hall–Kier alpha value is -0.950. The second-order valence-corrected chi connectivity index (χ2v) is 9.53. The molecule has 2 saturated heterocycles. The molecule has 0 aromatic carbocycles. The van der Waals surface area contributed by atoms with Gasteiger partial charge in [0.25, 0.3) is 0 Å². The predicted octanol–water partition coefficient (Wildman–Crippen LogP) is 3.32. The van der Waals surface area contributed by atoms with Crippen LogP contribution < -0.4 is 0 Å². The molecule has 0 N–H and O–H groups in total. The fourth-order valence-electron chi connectivity index (χ4n) is 4.23. The zero-order valence-electron chi connectivity index (χ0n) is 14.8. The molecule has 1 amide bonds. The van der Waals surface area contributed by atoms with Gasteiger partial charge >= 0.3 is 0 Å². The van der Waals surface area contributed by atoms with E-state index in [1.807, 2.05) is 27.7 Å². The van der Waals surface area contributed by atoms with Crippen LogP contribution in [-0.2, 0) is 15.0 Å². The molecule has 3 heterocycles. The number of hydrogen-bond donors (Lipinski definition) is 1. The van der Waals surface area contributed by atoms with E-state index < -0.39 is 15.7 Å². The van der Waals surface area contributed by atoms with Crippen molar-refractivity contribution in [2.45, 2.75) is 75.0 Å². The van der Waals surface area contributed by atoms with Crippen LogP contribution in [0.3, 0.4) is 0 Å². The topological polar surface area (TPSA) is 63.4 Å². The molecule has 3 rings (SSSR count). The monoisotopic (exact) mass is 368 g/mol. The second kappa shape index (κ2) is 5.53. The van der Waals surface area contributed by atoms with Gasteiger partial charge in [-0.3, -0.25) is 9.59 Å². The van der Waals surface area contributed by atoms with Crippen molar-refractivity contribution >= 4 is 35.4 Å². The number of carbonyl (C=O) groups excluding carboxylic acids is 2. The summed E-state index contributed by atoms with van der Waals surface area (Å²) in [7, 11) is 0. The van der Waals surface area contributed by atoms with Crippen molar-refractivity contribution in [1.29, 1.82) is 0 Å². The number of β-lactam (4-membered cyclic amide) rings is 1. The number of carbonyl (C=O) groups is 2. The first kappa shape index (κ1) is 17.9. The normalized spacial score (nSPS) is 34.2. The fraction of sp³-hybridized carbons (Fsp3) is 0.706. The molecule has 132 valence electrons. The number of thioether (sulfide) groups is 1. The van der Waals surface area contributed by atoms with Gasteiger partial charge in [0.15, 0.2) is 0 Å². The maximum Gasteiger partial charge on any atom is 0.237 e. The van der Waals surface area contributed by atoms with E-state index in [0.29, 0.717) is 12.2 Å². The van der Waals surface area contributed by atoms with Crippen molar-refractivity contribution in [3.8, 4) is 0 Å². The van der Waals surface area contributed by atoms with E-state index in [4.69, 9.17) is 4.52 Å². The summed E-state index contributed by atoms with van der Waals surface area (Å²) in [6.45, 7) is 9.94. The van der Waals surface area contributed by atoms with Gasteiger partial charge < -0.3 is 9.42 Å². The summed E-state index contributed by atoms with van der Waals surface area (Å²) in [6, 6.07) is 0. The molecule has 0 spiro atoms. The molecule has 0 bridgehead atoms. The Kier molecular flexibility index (Phi) is 4.11. The van der Waals surface area contributed by atoms with E-state index in [9.17, 15) is 9.59 Å². The van der Waals surface area contributed by atoms with Crippen LogP contribution in [0.4, 0.5) is 0 Å². The van der Waals surface area contributed by atoms with Gasteiger partial charge in [0.05, 0.1) is 11.6 Å². The van der Waals surface area contributed by atoms with Gasteiger partial charge in [-0.1, -0.05) is 24.9 Å². The number of amides is 1. The number of aryl methyl sites for hydroxylation is 1. The summed E-state index contributed by atoms with van der Waals surface area (Å²) in [5, 5.41) is 3.52. The molecule has 1 unspecified atom stereocenters. The first-order valence-electron chi connectivity index (χ1n) is 8.31. The lowest BCUT2D eigenvalue weighted by Gasteiger charge is -2.55. The predicted molar refractivity (Wildman–Crippen MR) is 97.1 cm³/mol. The summed E-state index contributed by atoms with van der Waals surface area (Å²) in [6.07, 6.45) is 4.13. The van der Waals surface area contributed by atoms with Crippen molar-refractivity contribution in [2.75, 3.05) is 0 Å². The number of unbranched alkanes of at least 4 members (excludes halogenated alkanes) is 1. The van der Waals surface area contributed by atoms with Crippen molar-refractivity contribution < 1.29 is 14.1 Å². The van der Waals surface area contributed by atoms with Crippen molar-refractivity contribution in [1.82, 2.24) is 10.1 Å². The summed E-state index contributed by atoms with van der Waals surface area (Å²) >= 11 is 5.90. The van der Waals surface area contributed by atoms with Gasteiger partial charge in [-0.05, 0) is 34.1 Å². The lowest BCUT2D eigenvalue weighted by atomic mass is 9.69. The Morgan fingerprint density at radius 1 is 1.46 bits per heavy atom. The average molecular weight is 369 g/mol. The molecular weight excluding hydrogens is 344 g/mol. The molecule has 1 aromatic heterocycles. The highest BCUT2D eigenvalue weighted by Crippen LogP contribution is 2.65. The van der Waals surface area contributed by atoms with E-state index in [-0.39, 0.29) is 16.4 Å². The fourth-order valence-corrected chi connectivity index (χ4v) is 6.70. The number of rotatable bonds is 5. The van der Waals surface area contributed by atoms with Crippen LogP contribution in [0.15, 0.2) is 10.7 Å². The zero-order chi connectivity index (χ0) is 17.9. The van der Waals surface area contributed by atoms with E-state index in [0.717, 1.165) is 18.4 Å². The number of hydrogen-bond acceptors (Lipinski definition) is 5. The van der Waals surface area contributed by atoms with E-state index in [1.54, 1.807) is 22.9 Å². The van der Waals surface area contributed by atoms with Crippen LogP contribution in [0.5, 0.6) is 0 Å². The minimum atomic E-state index is -0.858. The minimum Gasteiger partial charge on any atom is -0.361 e. The van der Waals surface area contributed by atoms with E-state index in [2.05, 4.69) is 24.7 Å². The van der Waals surface area contributed by atoms with Gasteiger partial charge in [-0.2, -0.15) is 0 Å². The lowest BCUT2D eigenvalue weighted by Crippen LogP contribution is -2.75. The summed E-state index contributed by atoms with van der Waals surface area (Å²) in [5.74, 6) is 0.627. The van der Waals surface area contributed by atoms with Crippen molar-refractivity contribution in [3.63, 3.8) is 0 Å². The Balaban J connectivity index is 2.08. The van der Waals surface area contributed by atoms with Crippen LogP contribution in [-0.4, -0.2) is 36.7 Å². The summed E-state index contributed by atoms with van der Waals surface area (Å²) in [5.41, 5.74) is -0.748. The molecule has 0 radical (unpaired) electrons. The third-order valence-electron chi connectivity index (χ3n) is 5.76. The van der Waals surface area contributed by atoms with Gasteiger partial charge in [0.2, 0.25) is 11.0 Å². The highest BCUT2D eigenvalue weighted by Gasteiger charge is 2.75. The largest absolute Gasteiger partial charge is 0.361 e. The number of fused-ring (bicyclic) bond motifs is 1. The molecule has 7 heteroatoms. The third-order valence-corrected chi connectivity index (χ3v) is 7.96. The van der Waals surface area contributed by atoms with Gasteiger partial charge in [-0.25, -0.2) is 0 Å². The molecule has 0 saturated carbocycles. The lowest BCUT2D eigenvalue weighted by molar-refractivity contribution is -0.166. The highest BCUT2D eigenvalue weighted by molar-refractivity contribution is 8.02. The molecule has 2 aliphatic rings. The SMILES string of the molecule is CCCC[C@@]1(C(=O)S)N2C(=O)C(C)(c3cnoc3C)[C@H]2SC1(C)C. The maximum atomic E-state index is 13.2. The molecule has 3 atom stereocenters. The Bertz CT molecular complexity index is 702. The van der Waals surface area contributed by atoms with Crippen molar-refractivity contribution in [2.24, 2.45) is 0 Å². The Labute approximate surface area is 152 Å². The van der Waals surface area contributed by atoms with Gasteiger partial charge in [0.1, 0.15) is 16.7 Å². The smallest absolute Gasteiger partial charge is 0.237 e. The highest BCUT2D eigenvalue weighted by atomic mass is 32.2. The maximum absolute atomic E-state index is 13.2. The summed E-state index contributed by atoms with van der Waals surface area (Å²) < 4.78 is 4.79. The average Bonchev–Trinajstić information content (AvgIpc) is 3.03. The Morgan fingerprint density at radius 3 is 2.62 bits per heavy atom. The van der Waals surface area contributed by atoms with E-state index >= 15 is 0 Å². The number of aromatic nitrogens is 1. The molecule has 2 fully saturated rings. The van der Waals surface area contributed by atoms with Crippen LogP contribution in [0.1, 0.15) is 58.3 Å². The van der Waals surface area contributed by atoms with Crippen molar-refractivity contribution in [3.05, 3.63) is 17.5 Å². The Morgan fingerprint density at radius 2 is 2.12 bits per heavy atom. The van der Waals surface area contributed by atoms with Crippen LogP contribution >= 0.6 is 24.4 Å². The molecular formula is C17H24N2O3S2. The summed E-state index contributed by atoms with van der Waals surface area (Å²) in [4.78, 5) is 27.6. The molecule has 0 aliphatic carbocycles. The molecule has 1 aromatic rings. The minimum absolute atomic E-state index is 0.0321. The molecule has 2 aliphatic heterocycles.